The van der Waals surface area contributed by atoms with Gasteiger partial charge in [-0.3, -0.25) is 4.79 Å². The Hall–Kier alpha value is -1.76. The number of rotatable bonds is 2. The van der Waals surface area contributed by atoms with E-state index in [0.29, 0.717) is 0 Å². The van der Waals surface area contributed by atoms with E-state index in [4.69, 9.17) is 12.2 Å². The molecule has 0 bridgehead atoms. The molecule has 0 atom stereocenters. The molecule has 2 aromatic rings. The highest BCUT2D eigenvalue weighted by Crippen LogP contribution is 2.19. The van der Waals surface area contributed by atoms with Gasteiger partial charge in [0.15, 0.2) is 10.6 Å². The lowest BCUT2D eigenvalue weighted by Crippen LogP contribution is -2.26. The molecule has 1 heterocycles. The molecule has 0 aliphatic rings. The molecular formula is C11H11F2N3OS. The van der Waals surface area contributed by atoms with Crippen molar-refractivity contribution in [2.45, 2.75) is 6.54 Å². The summed E-state index contributed by atoms with van der Waals surface area (Å²) >= 11 is 5.01. The van der Waals surface area contributed by atoms with Crippen LogP contribution in [0.3, 0.4) is 0 Å². The van der Waals surface area contributed by atoms with Crippen molar-refractivity contribution in [2.75, 3.05) is 14.1 Å². The van der Waals surface area contributed by atoms with Gasteiger partial charge < -0.3 is 14.5 Å². The summed E-state index contributed by atoms with van der Waals surface area (Å²) in [5, 5.41) is 0. The highest BCUT2D eigenvalue weighted by Gasteiger charge is 2.14. The van der Waals surface area contributed by atoms with Crippen LogP contribution in [0, 0.1) is 16.4 Å². The molecular weight excluding hydrogens is 260 g/mol. The number of carbonyl (C=O) groups is 1. The zero-order chi connectivity index (χ0) is 13.4. The number of H-pyrrole nitrogens is 1. The predicted octanol–water partition coefficient (Wildman–Crippen LogP) is 2.07. The fourth-order valence-electron chi connectivity index (χ4n) is 1.61. The van der Waals surface area contributed by atoms with Crippen molar-refractivity contribution < 1.29 is 13.6 Å². The topological polar surface area (TPSA) is 41.0 Å². The Kier molecular flexibility index (Phi) is 3.16. The SMILES string of the molecule is CN(C)C(=O)Cn1c(=S)[nH]c2c(F)cc(F)cc21. The molecule has 0 radical (unpaired) electrons. The summed E-state index contributed by atoms with van der Waals surface area (Å²) in [4.78, 5) is 15.7. The normalized spacial score (nSPS) is 10.9. The average molecular weight is 271 g/mol. The molecule has 0 spiro atoms. The third-order valence-electron chi connectivity index (χ3n) is 2.59. The van der Waals surface area contributed by atoms with Crippen molar-refractivity contribution >= 4 is 29.2 Å². The van der Waals surface area contributed by atoms with Crippen LogP contribution in [-0.4, -0.2) is 34.5 Å². The van der Waals surface area contributed by atoms with E-state index in [9.17, 15) is 13.6 Å². The van der Waals surface area contributed by atoms with Crippen LogP contribution >= 0.6 is 12.2 Å². The molecule has 1 amide bonds. The van der Waals surface area contributed by atoms with Gasteiger partial charge in [-0.2, -0.15) is 0 Å². The summed E-state index contributed by atoms with van der Waals surface area (Å²) < 4.78 is 28.3. The van der Waals surface area contributed by atoms with E-state index in [1.54, 1.807) is 14.1 Å². The Morgan fingerprint density at radius 1 is 1.44 bits per heavy atom. The lowest BCUT2D eigenvalue weighted by Gasteiger charge is -2.11. The summed E-state index contributed by atoms with van der Waals surface area (Å²) in [7, 11) is 3.20. The Labute approximate surface area is 107 Å². The quantitative estimate of drug-likeness (QED) is 0.849. The predicted molar refractivity (Wildman–Crippen MR) is 65.7 cm³/mol. The highest BCUT2D eigenvalue weighted by molar-refractivity contribution is 7.71. The maximum atomic E-state index is 13.5. The number of halogens is 2. The van der Waals surface area contributed by atoms with Gasteiger partial charge in [0.25, 0.3) is 0 Å². The number of amides is 1. The molecule has 4 nitrogen and oxygen atoms in total. The first-order valence-corrected chi connectivity index (χ1v) is 5.58. The van der Waals surface area contributed by atoms with Crippen molar-refractivity contribution in [1.29, 1.82) is 0 Å². The zero-order valence-electron chi connectivity index (χ0n) is 9.83. The Morgan fingerprint density at radius 3 is 2.72 bits per heavy atom. The van der Waals surface area contributed by atoms with Crippen LogP contribution in [0.25, 0.3) is 11.0 Å². The minimum Gasteiger partial charge on any atom is -0.347 e. The van der Waals surface area contributed by atoms with E-state index in [1.807, 2.05) is 0 Å². The molecule has 0 unspecified atom stereocenters. The van der Waals surface area contributed by atoms with Crippen LogP contribution in [0.15, 0.2) is 12.1 Å². The second-order valence-corrected chi connectivity index (χ2v) is 4.47. The first-order valence-electron chi connectivity index (χ1n) is 5.18. The molecule has 7 heteroatoms. The van der Waals surface area contributed by atoms with Gasteiger partial charge in [0.2, 0.25) is 5.91 Å². The number of carbonyl (C=O) groups excluding carboxylic acids is 1. The van der Waals surface area contributed by atoms with Gasteiger partial charge in [-0.05, 0) is 18.3 Å². The first kappa shape index (κ1) is 12.7. The number of likely N-dealkylation sites (N-methyl/N-ethyl adjacent to an activating group) is 1. The third kappa shape index (κ3) is 2.13. The van der Waals surface area contributed by atoms with Gasteiger partial charge in [0.1, 0.15) is 17.9 Å². The molecule has 0 aliphatic heterocycles. The van der Waals surface area contributed by atoms with Crippen LogP contribution in [-0.2, 0) is 11.3 Å². The number of aromatic amines is 1. The number of hydrogen-bond donors (Lipinski definition) is 1. The molecule has 1 N–H and O–H groups in total. The number of hydrogen-bond acceptors (Lipinski definition) is 2. The molecule has 96 valence electrons. The standard InChI is InChI=1S/C11H11F2N3OS/c1-15(2)9(17)5-16-8-4-6(12)3-7(13)10(8)14-11(16)18/h3-4H,5H2,1-2H3,(H,14,18). The third-order valence-corrected chi connectivity index (χ3v) is 2.92. The van der Waals surface area contributed by atoms with Gasteiger partial charge in [-0.15, -0.1) is 0 Å². The number of nitrogens with zero attached hydrogens (tertiary/aromatic N) is 2. The fraction of sp³-hybridized carbons (Fsp3) is 0.273. The van der Waals surface area contributed by atoms with Crippen molar-refractivity contribution in [3.05, 3.63) is 28.5 Å². The summed E-state index contributed by atoms with van der Waals surface area (Å²) in [5.74, 6) is -1.65. The monoisotopic (exact) mass is 271 g/mol. The smallest absolute Gasteiger partial charge is 0.242 e. The van der Waals surface area contributed by atoms with E-state index in [1.165, 1.54) is 9.47 Å². The lowest BCUT2D eigenvalue weighted by molar-refractivity contribution is -0.129. The van der Waals surface area contributed by atoms with Crippen LogP contribution in [0.2, 0.25) is 0 Å². The molecule has 0 fully saturated rings. The summed E-state index contributed by atoms with van der Waals surface area (Å²) in [6.07, 6.45) is 0. The second kappa shape index (κ2) is 4.49. The minimum atomic E-state index is -0.729. The largest absolute Gasteiger partial charge is 0.347 e. The van der Waals surface area contributed by atoms with Crippen LogP contribution in [0.4, 0.5) is 8.78 Å². The first-order chi connectivity index (χ1) is 8.40. The van der Waals surface area contributed by atoms with Crippen LogP contribution < -0.4 is 0 Å². The average Bonchev–Trinajstić information content (AvgIpc) is 2.57. The van der Waals surface area contributed by atoms with Crippen molar-refractivity contribution in [3.63, 3.8) is 0 Å². The van der Waals surface area contributed by atoms with Gasteiger partial charge in [0, 0.05) is 20.2 Å². The van der Waals surface area contributed by atoms with E-state index in [-0.39, 0.29) is 28.3 Å². The molecule has 0 saturated carbocycles. The summed E-state index contributed by atoms with van der Waals surface area (Å²) in [6.45, 7) is -0.0608. The van der Waals surface area contributed by atoms with Gasteiger partial charge in [-0.1, -0.05) is 0 Å². The van der Waals surface area contributed by atoms with Gasteiger partial charge >= 0.3 is 0 Å². The Bertz CT molecular complexity index is 675. The minimum absolute atomic E-state index is 0.0608. The number of benzene rings is 1. The van der Waals surface area contributed by atoms with Gasteiger partial charge in [0.05, 0.1) is 5.52 Å². The molecule has 0 aliphatic carbocycles. The maximum Gasteiger partial charge on any atom is 0.242 e. The molecule has 1 aromatic carbocycles. The summed E-state index contributed by atoms with van der Waals surface area (Å²) in [6, 6.07) is 1.92. The van der Waals surface area contributed by atoms with Crippen molar-refractivity contribution in [1.82, 2.24) is 14.5 Å². The summed E-state index contributed by atoms with van der Waals surface area (Å²) in [5.41, 5.74) is 0.348. The van der Waals surface area contributed by atoms with E-state index in [2.05, 4.69) is 4.98 Å². The van der Waals surface area contributed by atoms with E-state index >= 15 is 0 Å². The van der Waals surface area contributed by atoms with E-state index in [0.717, 1.165) is 12.1 Å². The van der Waals surface area contributed by atoms with Crippen molar-refractivity contribution in [3.8, 4) is 0 Å². The lowest BCUT2D eigenvalue weighted by atomic mass is 10.3. The molecule has 0 saturated heterocycles. The number of imidazole rings is 1. The number of fused-ring (bicyclic) bond motifs is 1. The maximum absolute atomic E-state index is 13.5. The van der Waals surface area contributed by atoms with E-state index < -0.39 is 11.6 Å². The van der Waals surface area contributed by atoms with Crippen LogP contribution in [0.1, 0.15) is 0 Å². The molecule has 1 aromatic heterocycles. The van der Waals surface area contributed by atoms with Crippen molar-refractivity contribution in [2.24, 2.45) is 0 Å². The van der Waals surface area contributed by atoms with Gasteiger partial charge in [-0.25, -0.2) is 8.78 Å². The fourth-order valence-corrected chi connectivity index (χ4v) is 1.88. The number of nitrogens with one attached hydrogen (secondary N) is 1. The highest BCUT2D eigenvalue weighted by atomic mass is 32.1. The number of aromatic nitrogens is 2. The second-order valence-electron chi connectivity index (χ2n) is 4.09. The Balaban J connectivity index is 2.60. The Morgan fingerprint density at radius 2 is 2.11 bits per heavy atom. The molecule has 2 rings (SSSR count). The van der Waals surface area contributed by atoms with Crippen LogP contribution in [0.5, 0.6) is 0 Å². The molecule has 18 heavy (non-hydrogen) atoms. The zero-order valence-corrected chi connectivity index (χ0v) is 10.6.